The summed E-state index contributed by atoms with van der Waals surface area (Å²) in [5.74, 6) is -0.0669. The van der Waals surface area contributed by atoms with Crippen LogP contribution in [0, 0.1) is 5.41 Å². The molecule has 1 saturated heterocycles. The molecule has 150 valence electrons. The van der Waals surface area contributed by atoms with Gasteiger partial charge in [-0.3, -0.25) is 20.0 Å². The van der Waals surface area contributed by atoms with Gasteiger partial charge in [0, 0.05) is 19.0 Å². The van der Waals surface area contributed by atoms with Gasteiger partial charge in [-0.1, -0.05) is 11.6 Å². The zero-order valence-electron chi connectivity index (χ0n) is 15.0. The highest BCUT2D eigenvalue weighted by atomic mass is 35.5. The molecule has 0 unspecified atom stereocenters. The van der Waals surface area contributed by atoms with Crippen LogP contribution >= 0.6 is 36.4 Å². The number of aromatic amines is 1. The fourth-order valence-electron chi connectivity index (χ4n) is 2.98. The number of aromatic nitrogens is 1. The quantitative estimate of drug-likeness (QED) is 0.495. The van der Waals surface area contributed by atoms with E-state index in [1.54, 1.807) is 18.2 Å². The number of benzene rings is 1. The van der Waals surface area contributed by atoms with Crippen molar-refractivity contribution in [3.63, 3.8) is 0 Å². The molecule has 1 aromatic carbocycles. The molecule has 1 amide bonds. The van der Waals surface area contributed by atoms with Crippen LogP contribution in [0.15, 0.2) is 18.2 Å². The van der Waals surface area contributed by atoms with Crippen LogP contribution in [0.25, 0.3) is 10.9 Å². The minimum Gasteiger partial charge on any atom is -0.490 e. The van der Waals surface area contributed by atoms with Crippen molar-refractivity contribution in [2.24, 2.45) is 5.73 Å². The van der Waals surface area contributed by atoms with E-state index in [0.29, 0.717) is 34.0 Å². The second kappa shape index (κ2) is 10.0. The smallest absolute Gasteiger partial charge is 0.276 e. The zero-order chi connectivity index (χ0) is 18.0. The first-order chi connectivity index (χ1) is 12.0. The number of carbonyl (C=O) groups excluding carboxylic acids is 1. The predicted octanol–water partition coefficient (Wildman–Crippen LogP) is 3.10. The Morgan fingerprint density at radius 1 is 1.37 bits per heavy atom. The van der Waals surface area contributed by atoms with E-state index in [1.165, 1.54) is 19.9 Å². The van der Waals surface area contributed by atoms with Crippen LogP contribution in [0.1, 0.15) is 23.3 Å². The number of halogens is 3. The number of carbonyl (C=O) groups is 1. The summed E-state index contributed by atoms with van der Waals surface area (Å²) < 4.78 is 5.91. The van der Waals surface area contributed by atoms with Gasteiger partial charge in [-0.25, -0.2) is 0 Å². The van der Waals surface area contributed by atoms with Crippen molar-refractivity contribution in [1.29, 1.82) is 5.41 Å². The van der Waals surface area contributed by atoms with Gasteiger partial charge in [-0.2, -0.15) is 0 Å². The number of rotatable bonds is 5. The van der Waals surface area contributed by atoms with Gasteiger partial charge in [0.05, 0.1) is 10.5 Å². The van der Waals surface area contributed by atoms with Gasteiger partial charge in [0.25, 0.3) is 5.91 Å². The molecule has 0 spiro atoms. The van der Waals surface area contributed by atoms with Gasteiger partial charge in [-0.05, 0) is 44.1 Å². The van der Waals surface area contributed by atoms with E-state index in [1.807, 2.05) is 0 Å². The summed E-state index contributed by atoms with van der Waals surface area (Å²) in [7, 11) is 1.45. The largest absolute Gasteiger partial charge is 0.490 e. The summed E-state index contributed by atoms with van der Waals surface area (Å²) in [6, 6.07) is 5.22. The number of guanidine groups is 1. The van der Waals surface area contributed by atoms with Crippen molar-refractivity contribution in [1.82, 2.24) is 14.8 Å². The van der Waals surface area contributed by atoms with Crippen LogP contribution in [0.4, 0.5) is 0 Å². The second-order valence-electron chi connectivity index (χ2n) is 6.16. The van der Waals surface area contributed by atoms with E-state index in [2.05, 4.69) is 9.88 Å². The average molecular weight is 437 g/mol. The molecule has 0 saturated carbocycles. The molecule has 4 N–H and O–H groups in total. The van der Waals surface area contributed by atoms with Crippen molar-refractivity contribution in [2.75, 3.05) is 33.3 Å². The van der Waals surface area contributed by atoms with Crippen molar-refractivity contribution < 1.29 is 9.53 Å². The molecule has 1 fully saturated rings. The summed E-state index contributed by atoms with van der Waals surface area (Å²) in [5, 5.41) is 8.62. The highest BCUT2D eigenvalue weighted by Crippen LogP contribution is 2.32. The third-order valence-electron chi connectivity index (χ3n) is 4.46. The maximum Gasteiger partial charge on any atom is 0.276 e. The lowest BCUT2D eigenvalue weighted by molar-refractivity contribution is 0.0864. The van der Waals surface area contributed by atoms with E-state index < -0.39 is 5.91 Å². The first kappa shape index (κ1) is 23.4. The molecule has 0 atom stereocenters. The lowest BCUT2D eigenvalue weighted by atomic mass is 10.2. The Morgan fingerprint density at radius 3 is 2.67 bits per heavy atom. The van der Waals surface area contributed by atoms with E-state index in [9.17, 15) is 4.79 Å². The Kier molecular flexibility index (Phi) is 8.68. The Morgan fingerprint density at radius 2 is 2.04 bits per heavy atom. The minimum atomic E-state index is -0.400. The van der Waals surface area contributed by atoms with Gasteiger partial charge in [0.15, 0.2) is 5.96 Å². The number of fused-ring (bicyclic) bond motifs is 1. The molecular weight excluding hydrogens is 413 g/mol. The van der Waals surface area contributed by atoms with Crippen LogP contribution < -0.4 is 10.5 Å². The first-order valence-electron chi connectivity index (χ1n) is 8.26. The highest BCUT2D eigenvalue weighted by Gasteiger charge is 2.19. The van der Waals surface area contributed by atoms with E-state index in [-0.39, 0.29) is 30.8 Å². The Bertz CT molecular complexity index is 805. The fraction of sp³-hybridized carbons (Fsp3) is 0.412. The third kappa shape index (κ3) is 5.19. The average Bonchev–Trinajstić information content (AvgIpc) is 3.25. The number of amides is 1. The number of ether oxygens (including phenoxy) is 1. The molecule has 2 aromatic rings. The van der Waals surface area contributed by atoms with Crippen molar-refractivity contribution >= 4 is 59.2 Å². The maximum absolute atomic E-state index is 12.3. The van der Waals surface area contributed by atoms with Crippen LogP contribution in [0.3, 0.4) is 0 Å². The molecule has 0 radical (unpaired) electrons. The molecule has 7 nitrogen and oxygen atoms in total. The van der Waals surface area contributed by atoms with Crippen LogP contribution in [0.2, 0.25) is 5.02 Å². The van der Waals surface area contributed by atoms with E-state index in [0.717, 1.165) is 24.5 Å². The van der Waals surface area contributed by atoms with Gasteiger partial charge < -0.3 is 15.5 Å². The van der Waals surface area contributed by atoms with Gasteiger partial charge in [-0.15, -0.1) is 24.8 Å². The molecule has 3 rings (SSSR count). The SMILES string of the molecule is CN(C(=N)N)C(=O)c1cc2c(Cl)ccc(OCCN3CCCC3)c2[nH]1.Cl.Cl. The van der Waals surface area contributed by atoms with Crippen molar-refractivity contribution in [2.45, 2.75) is 12.8 Å². The molecule has 10 heteroatoms. The van der Waals surface area contributed by atoms with Gasteiger partial charge >= 0.3 is 0 Å². The predicted molar refractivity (Wildman–Crippen MR) is 113 cm³/mol. The summed E-state index contributed by atoms with van der Waals surface area (Å²) in [6.45, 7) is 3.70. The van der Waals surface area contributed by atoms with Gasteiger partial charge in [0.1, 0.15) is 18.1 Å². The molecule has 0 aliphatic carbocycles. The molecule has 27 heavy (non-hydrogen) atoms. The van der Waals surface area contributed by atoms with Crippen LogP contribution in [-0.2, 0) is 0 Å². The Hall–Kier alpha value is -1.67. The van der Waals surface area contributed by atoms with Crippen LogP contribution in [-0.4, -0.2) is 59.9 Å². The maximum atomic E-state index is 12.3. The summed E-state index contributed by atoms with van der Waals surface area (Å²) in [4.78, 5) is 18.8. The molecule has 0 bridgehead atoms. The number of nitrogens with zero attached hydrogens (tertiary/aromatic N) is 2. The number of nitrogens with one attached hydrogen (secondary N) is 2. The summed E-state index contributed by atoms with van der Waals surface area (Å²) >= 11 is 6.25. The lowest BCUT2D eigenvalue weighted by Gasteiger charge is -2.15. The summed E-state index contributed by atoms with van der Waals surface area (Å²) in [6.07, 6.45) is 2.49. The highest BCUT2D eigenvalue weighted by molar-refractivity contribution is 6.35. The Labute approximate surface area is 175 Å². The van der Waals surface area contributed by atoms with Crippen molar-refractivity contribution in [3.05, 3.63) is 28.9 Å². The van der Waals surface area contributed by atoms with Crippen molar-refractivity contribution in [3.8, 4) is 5.75 Å². The summed E-state index contributed by atoms with van der Waals surface area (Å²) in [5.41, 5.74) is 6.36. The molecule has 1 aromatic heterocycles. The molecule has 2 heterocycles. The topological polar surface area (TPSA) is 98.4 Å². The number of nitrogens with two attached hydrogens (primary N) is 1. The van der Waals surface area contributed by atoms with Crippen LogP contribution in [0.5, 0.6) is 5.75 Å². The van der Waals surface area contributed by atoms with Gasteiger partial charge in [0.2, 0.25) is 0 Å². The molecule has 1 aliphatic rings. The lowest BCUT2D eigenvalue weighted by Crippen LogP contribution is -2.38. The normalized spacial score (nSPS) is 13.7. The first-order valence-corrected chi connectivity index (χ1v) is 8.63. The number of hydrogen-bond donors (Lipinski definition) is 3. The van der Waals surface area contributed by atoms with E-state index >= 15 is 0 Å². The third-order valence-corrected chi connectivity index (χ3v) is 4.79. The fourth-order valence-corrected chi connectivity index (χ4v) is 3.19. The second-order valence-corrected chi connectivity index (χ2v) is 6.57. The number of H-pyrrole nitrogens is 1. The molecule has 1 aliphatic heterocycles. The number of likely N-dealkylation sites (tertiary alicyclic amines) is 1. The standard InChI is InChI=1S/C17H22ClN5O2.2ClH/c1-22(17(19)20)16(24)13-10-11-12(18)4-5-14(15(11)21-13)25-9-8-23-6-2-3-7-23;;/h4-5,10,21H,2-3,6-9H2,1H3,(H3,19,20);2*1H. The zero-order valence-corrected chi connectivity index (χ0v) is 17.3. The number of hydrogen-bond acceptors (Lipinski definition) is 4. The van der Waals surface area contributed by atoms with E-state index in [4.69, 9.17) is 27.5 Å². The minimum absolute atomic E-state index is 0. The molecular formula is C17H24Cl3N5O2. The monoisotopic (exact) mass is 435 g/mol. The Balaban J connectivity index is 0.00000182.